The number of aliphatic hydroxyl groups is 1. The van der Waals surface area contributed by atoms with Crippen molar-refractivity contribution in [3.05, 3.63) is 135 Å². The summed E-state index contributed by atoms with van der Waals surface area (Å²) in [5.74, 6) is 0.657. The van der Waals surface area contributed by atoms with E-state index in [0.29, 0.717) is 41.8 Å². The molecule has 3 heterocycles. The average Bonchev–Trinajstić information content (AvgIpc) is 3.58. The molecule has 1 aromatic heterocycles. The van der Waals surface area contributed by atoms with Gasteiger partial charge in [0.2, 0.25) is 0 Å². The van der Waals surface area contributed by atoms with Crippen LogP contribution in [0.15, 0.2) is 91.3 Å². The second-order valence-electron chi connectivity index (χ2n) is 14.8. The van der Waals surface area contributed by atoms with Crippen molar-refractivity contribution in [3.8, 4) is 39.8 Å². The lowest BCUT2D eigenvalue weighted by atomic mass is 9.89. The van der Waals surface area contributed by atoms with Crippen LogP contribution in [0.5, 0.6) is 11.5 Å². The zero-order valence-electron chi connectivity index (χ0n) is 31.2. The summed E-state index contributed by atoms with van der Waals surface area (Å²) in [6, 6.07) is 29.0. The number of ether oxygens (including phenoxy) is 2. The van der Waals surface area contributed by atoms with Gasteiger partial charge in [-0.15, -0.1) is 0 Å². The van der Waals surface area contributed by atoms with Gasteiger partial charge in [0.1, 0.15) is 30.8 Å². The van der Waals surface area contributed by atoms with E-state index in [9.17, 15) is 15.2 Å². The number of carboxylic acid groups (broad SMARTS) is 1. The van der Waals surface area contributed by atoms with Crippen LogP contribution in [0.4, 0.5) is 0 Å². The highest BCUT2D eigenvalue weighted by Gasteiger charge is 2.28. The second kappa shape index (κ2) is 17.1. The number of aliphatic hydroxyl groups excluding tert-OH is 1. The maximum atomic E-state index is 11.0. The molecule has 282 valence electrons. The van der Waals surface area contributed by atoms with Gasteiger partial charge in [-0.1, -0.05) is 72.3 Å². The molecule has 0 unspecified atom stereocenters. The van der Waals surface area contributed by atoms with Crippen molar-refractivity contribution in [2.24, 2.45) is 5.92 Å². The fraction of sp³-hybridized carbons (Fsp3) is 0.311. The topological polar surface area (TPSA) is 119 Å². The van der Waals surface area contributed by atoms with Gasteiger partial charge >= 0.3 is 5.97 Å². The van der Waals surface area contributed by atoms with E-state index in [1.807, 2.05) is 12.1 Å². The lowest BCUT2D eigenvalue weighted by molar-refractivity contribution is -0.139. The molecule has 0 spiro atoms. The molecule has 2 saturated heterocycles. The predicted molar refractivity (Wildman–Crippen MR) is 213 cm³/mol. The van der Waals surface area contributed by atoms with Gasteiger partial charge in [-0.25, -0.2) is 0 Å². The van der Waals surface area contributed by atoms with Gasteiger partial charge in [-0.3, -0.25) is 19.6 Å². The smallest absolute Gasteiger partial charge is 0.303 e. The van der Waals surface area contributed by atoms with Gasteiger partial charge in [-0.05, 0) is 82.8 Å². The minimum absolute atomic E-state index is 0.220. The van der Waals surface area contributed by atoms with Crippen molar-refractivity contribution in [1.29, 1.82) is 5.26 Å². The summed E-state index contributed by atoms with van der Waals surface area (Å²) in [5, 5.41) is 29.0. The zero-order valence-corrected chi connectivity index (χ0v) is 31.9. The normalized spacial score (nSPS) is 16.1. The van der Waals surface area contributed by atoms with E-state index < -0.39 is 5.97 Å². The predicted octanol–water partition coefficient (Wildman–Crippen LogP) is 8.19. The maximum Gasteiger partial charge on any atom is 0.303 e. The first-order valence-electron chi connectivity index (χ1n) is 18.7. The van der Waals surface area contributed by atoms with E-state index in [1.54, 1.807) is 12.3 Å². The number of pyridine rings is 1. The Morgan fingerprint density at radius 3 is 2.29 bits per heavy atom. The van der Waals surface area contributed by atoms with Crippen molar-refractivity contribution in [2.75, 3.05) is 26.2 Å². The molecule has 7 rings (SSSR count). The molecular formula is C45H45ClN4O5. The van der Waals surface area contributed by atoms with E-state index in [4.69, 9.17) is 26.2 Å². The van der Waals surface area contributed by atoms with Crippen molar-refractivity contribution in [2.45, 2.75) is 59.1 Å². The second-order valence-corrected chi connectivity index (χ2v) is 15.2. The summed E-state index contributed by atoms with van der Waals surface area (Å²) in [6.45, 7) is 9.25. The standard InChI is InChI=1S/C45H45ClN4O5/c1-29-36(28-55-44-18-43(54-27-33-15-32(19-47)20-48-21-33)37(17-42(44)46)25-49-14-13-38(51)26-49)5-3-7-40(29)41-8-4-6-39(30(41)2)35-11-9-31(10-12-35)22-50-23-34(24-50)16-45(52)53/h3-12,15,17-18,20-21,34,38,51H,13-14,16,22-28H2,1-2H3,(H,52,53)/t38-/m1/s1. The fourth-order valence-electron chi connectivity index (χ4n) is 7.69. The third kappa shape index (κ3) is 9.18. The third-order valence-corrected chi connectivity index (χ3v) is 11.0. The summed E-state index contributed by atoms with van der Waals surface area (Å²) in [6.07, 6.45) is 3.83. The minimum Gasteiger partial charge on any atom is -0.488 e. The molecule has 0 saturated carbocycles. The van der Waals surface area contributed by atoms with Crippen molar-refractivity contribution in [1.82, 2.24) is 14.8 Å². The van der Waals surface area contributed by atoms with E-state index in [-0.39, 0.29) is 25.0 Å². The fourth-order valence-corrected chi connectivity index (χ4v) is 7.93. The summed E-state index contributed by atoms with van der Waals surface area (Å²) in [7, 11) is 0. The molecule has 0 aliphatic carbocycles. The Kier molecular flexibility index (Phi) is 11.8. The number of rotatable bonds is 14. The molecule has 1 atom stereocenters. The van der Waals surface area contributed by atoms with Crippen molar-refractivity contribution >= 4 is 17.6 Å². The summed E-state index contributed by atoms with van der Waals surface area (Å²) >= 11 is 6.85. The Balaban J connectivity index is 1.07. The van der Waals surface area contributed by atoms with Gasteiger partial charge in [0.05, 0.1) is 23.1 Å². The van der Waals surface area contributed by atoms with Crippen LogP contribution < -0.4 is 9.47 Å². The molecule has 55 heavy (non-hydrogen) atoms. The Labute approximate surface area is 327 Å². The number of aliphatic carboxylic acids is 1. The molecular weight excluding hydrogens is 712 g/mol. The molecule has 0 radical (unpaired) electrons. The first-order valence-corrected chi connectivity index (χ1v) is 19.1. The highest BCUT2D eigenvalue weighted by Crippen LogP contribution is 2.37. The van der Waals surface area contributed by atoms with Gasteiger partial charge < -0.3 is 19.7 Å². The number of hydrogen-bond acceptors (Lipinski definition) is 8. The summed E-state index contributed by atoms with van der Waals surface area (Å²) in [4.78, 5) is 19.6. The van der Waals surface area contributed by atoms with Crippen LogP contribution in [0.3, 0.4) is 0 Å². The molecule has 5 aromatic rings. The number of hydrogen-bond donors (Lipinski definition) is 2. The summed E-state index contributed by atoms with van der Waals surface area (Å²) < 4.78 is 12.7. The van der Waals surface area contributed by atoms with E-state index in [2.05, 4.69) is 95.4 Å². The first-order chi connectivity index (χ1) is 26.6. The Hall–Kier alpha value is -5.24. The first kappa shape index (κ1) is 38.1. The molecule has 2 fully saturated rings. The van der Waals surface area contributed by atoms with Crippen LogP contribution in [0, 0.1) is 31.1 Å². The number of carbonyl (C=O) groups is 1. The van der Waals surface area contributed by atoms with Crippen LogP contribution in [-0.2, 0) is 31.1 Å². The molecule has 0 bridgehead atoms. The molecule has 0 amide bonds. The van der Waals surface area contributed by atoms with Gasteiger partial charge in [0, 0.05) is 68.9 Å². The van der Waals surface area contributed by atoms with E-state index >= 15 is 0 Å². The number of nitrogens with zero attached hydrogens (tertiary/aromatic N) is 4. The molecule has 2 N–H and O–H groups in total. The number of likely N-dealkylation sites (tertiary alicyclic amines) is 2. The van der Waals surface area contributed by atoms with Gasteiger partial charge in [0.25, 0.3) is 0 Å². The highest BCUT2D eigenvalue weighted by atomic mass is 35.5. The van der Waals surface area contributed by atoms with Crippen molar-refractivity contribution in [3.63, 3.8) is 0 Å². The number of β-amino-alcohol motifs (C(OH)–C–C–N with tert-alkyl or cyclic N) is 1. The van der Waals surface area contributed by atoms with Crippen LogP contribution >= 0.6 is 11.6 Å². The summed E-state index contributed by atoms with van der Waals surface area (Å²) in [5.41, 5.74) is 11.3. The van der Waals surface area contributed by atoms with Gasteiger partial charge in [0.15, 0.2) is 0 Å². The molecule has 10 heteroatoms. The molecule has 2 aliphatic rings. The largest absolute Gasteiger partial charge is 0.488 e. The maximum absolute atomic E-state index is 11.0. The van der Waals surface area contributed by atoms with E-state index in [1.165, 1.54) is 22.9 Å². The highest BCUT2D eigenvalue weighted by molar-refractivity contribution is 6.32. The zero-order chi connectivity index (χ0) is 38.5. The lowest BCUT2D eigenvalue weighted by Gasteiger charge is -2.38. The minimum atomic E-state index is -0.722. The lowest BCUT2D eigenvalue weighted by Crippen LogP contribution is -2.46. The average molecular weight is 757 g/mol. The monoisotopic (exact) mass is 756 g/mol. The number of nitriles is 1. The van der Waals surface area contributed by atoms with Crippen molar-refractivity contribution < 1.29 is 24.5 Å². The SMILES string of the molecule is Cc1c(COc2cc(OCc3cncc(C#N)c3)c(CN3CC[C@@H](O)C3)cc2Cl)cccc1-c1cccc(-c2ccc(CN3CC(CC(=O)O)C3)cc2)c1C. The molecule has 4 aromatic carbocycles. The Morgan fingerprint density at radius 2 is 1.56 bits per heavy atom. The van der Waals surface area contributed by atoms with Gasteiger partial charge in [-0.2, -0.15) is 5.26 Å². The van der Waals surface area contributed by atoms with Crippen LogP contribution in [-0.4, -0.2) is 63.2 Å². The molecule has 2 aliphatic heterocycles. The Bertz CT molecular complexity index is 2210. The third-order valence-electron chi connectivity index (χ3n) is 10.7. The molecule has 9 nitrogen and oxygen atoms in total. The van der Waals surface area contributed by atoms with E-state index in [0.717, 1.165) is 71.5 Å². The Morgan fingerprint density at radius 1 is 0.836 bits per heavy atom. The number of aromatic nitrogens is 1. The van der Waals surface area contributed by atoms with Crippen LogP contribution in [0.2, 0.25) is 5.02 Å². The van der Waals surface area contributed by atoms with Crippen LogP contribution in [0.1, 0.15) is 51.8 Å². The quantitative estimate of drug-likeness (QED) is 0.116. The number of carboxylic acids is 1. The number of benzene rings is 4. The number of halogens is 1. The van der Waals surface area contributed by atoms with Crippen LogP contribution in [0.25, 0.3) is 22.3 Å².